The number of carbonyl (C=O) groups is 2. The first-order valence-electron chi connectivity index (χ1n) is 12.6. The number of aromatic nitrogens is 3. The van der Waals surface area contributed by atoms with Crippen LogP contribution in [0.25, 0.3) is 11.0 Å². The fourth-order valence-corrected chi connectivity index (χ4v) is 6.55. The summed E-state index contributed by atoms with van der Waals surface area (Å²) in [5, 5.41) is 5.80. The minimum atomic E-state index is -0.269. The lowest BCUT2D eigenvalue weighted by Crippen LogP contribution is -2.49. The molecule has 0 unspecified atom stereocenters. The van der Waals surface area contributed by atoms with Gasteiger partial charge in [0.1, 0.15) is 6.10 Å². The molecule has 4 heterocycles. The molecule has 0 bridgehead atoms. The molecule has 2 aliphatic heterocycles. The Hall–Kier alpha value is -3.07. The van der Waals surface area contributed by atoms with E-state index in [1.807, 2.05) is 61.0 Å². The van der Waals surface area contributed by atoms with Crippen LogP contribution in [0.4, 0.5) is 4.79 Å². The van der Waals surface area contributed by atoms with Gasteiger partial charge in [0.25, 0.3) is 5.91 Å². The van der Waals surface area contributed by atoms with Crippen molar-refractivity contribution in [3.05, 3.63) is 53.3 Å². The van der Waals surface area contributed by atoms with Crippen LogP contribution in [0.1, 0.15) is 61.3 Å². The van der Waals surface area contributed by atoms with Crippen molar-refractivity contribution in [2.75, 3.05) is 13.1 Å². The average molecular weight is 508 g/mol. The van der Waals surface area contributed by atoms with Crippen molar-refractivity contribution in [2.45, 2.75) is 68.9 Å². The zero-order valence-electron chi connectivity index (χ0n) is 21.5. The summed E-state index contributed by atoms with van der Waals surface area (Å²) in [5.41, 5.74) is 3.32. The van der Waals surface area contributed by atoms with E-state index in [2.05, 4.69) is 23.9 Å². The smallest absolute Gasteiger partial charge is 0.411 e. The summed E-state index contributed by atoms with van der Waals surface area (Å²) in [7, 11) is 1.88. The molecule has 2 amide bonds. The number of likely N-dealkylation sites (tertiary alicyclic amines) is 1. The van der Waals surface area contributed by atoms with E-state index in [4.69, 9.17) is 4.74 Å². The molecule has 190 valence electrons. The Bertz CT molecular complexity index is 1280. The van der Waals surface area contributed by atoms with Crippen molar-refractivity contribution in [3.8, 4) is 0 Å². The molecule has 0 aliphatic carbocycles. The van der Waals surface area contributed by atoms with Crippen LogP contribution < -0.4 is 0 Å². The van der Waals surface area contributed by atoms with E-state index in [1.165, 1.54) is 0 Å². The van der Waals surface area contributed by atoms with E-state index in [9.17, 15) is 9.59 Å². The van der Waals surface area contributed by atoms with Gasteiger partial charge in [-0.2, -0.15) is 5.10 Å². The molecule has 36 heavy (non-hydrogen) atoms. The van der Waals surface area contributed by atoms with E-state index in [-0.39, 0.29) is 30.2 Å². The first-order valence-corrected chi connectivity index (χ1v) is 13.5. The summed E-state index contributed by atoms with van der Waals surface area (Å²) in [6, 6.07) is 9.89. The van der Waals surface area contributed by atoms with Crippen molar-refractivity contribution in [3.63, 3.8) is 0 Å². The van der Waals surface area contributed by atoms with Gasteiger partial charge in [0, 0.05) is 42.5 Å². The third-order valence-corrected chi connectivity index (χ3v) is 8.28. The molecule has 2 aliphatic rings. The highest BCUT2D eigenvalue weighted by Gasteiger charge is 2.44. The number of rotatable bonds is 5. The molecule has 0 spiro atoms. The van der Waals surface area contributed by atoms with Gasteiger partial charge in [-0.1, -0.05) is 44.2 Å². The van der Waals surface area contributed by atoms with Gasteiger partial charge in [0.2, 0.25) is 0 Å². The molecule has 0 N–H and O–H groups in total. The Morgan fingerprint density at radius 1 is 1.17 bits per heavy atom. The van der Waals surface area contributed by atoms with Crippen molar-refractivity contribution >= 4 is 34.8 Å². The topological polar surface area (TPSA) is 80.6 Å². The van der Waals surface area contributed by atoms with Crippen LogP contribution in [0.15, 0.2) is 41.4 Å². The van der Waals surface area contributed by atoms with E-state index in [0.29, 0.717) is 23.9 Å². The molecule has 2 atom stereocenters. The first kappa shape index (κ1) is 24.6. The fourth-order valence-electron chi connectivity index (χ4n) is 5.46. The highest BCUT2D eigenvalue weighted by Crippen LogP contribution is 2.38. The molecule has 0 radical (unpaired) electrons. The second kappa shape index (κ2) is 9.76. The number of carbonyl (C=O) groups excluding carboxylic acids is 2. The summed E-state index contributed by atoms with van der Waals surface area (Å²) in [4.78, 5) is 35.8. The normalized spacial score (nSPS) is 21.0. The number of aryl methyl sites for hydroxylation is 2. The molecule has 0 saturated carbocycles. The summed E-state index contributed by atoms with van der Waals surface area (Å²) >= 11 is 1.68. The van der Waals surface area contributed by atoms with E-state index < -0.39 is 0 Å². The van der Waals surface area contributed by atoms with Crippen LogP contribution in [-0.2, 0) is 11.8 Å². The molecule has 2 saturated heterocycles. The fraction of sp³-hybridized carbons (Fsp3) is 0.481. The number of nitrogens with zero attached hydrogens (tertiary/aromatic N) is 5. The van der Waals surface area contributed by atoms with Crippen LogP contribution in [0.2, 0.25) is 0 Å². The largest absolute Gasteiger partial charge is 0.439 e. The lowest BCUT2D eigenvalue weighted by Gasteiger charge is -2.37. The lowest BCUT2D eigenvalue weighted by atomic mass is 9.98. The van der Waals surface area contributed by atoms with E-state index >= 15 is 0 Å². The Morgan fingerprint density at radius 3 is 2.53 bits per heavy atom. The standard InChI is InChI=1S/C27H33N5O3S/c1-16(2)36-24-21(15-28-25-22(24)17(3)29-30(25)5)26(33)31-13-11-20(12-14-31)32-18(4)23(35-27(32)34)19-9-7-6-8-10-19/h6-10,15-16,18,20,23H,11-14H2,1-5H3/t18-,23-/m0/s1. The van der Waals surface area contributed by atoms with Gasteiger partial charge in [0.15, 0.2) is 5.65 Å². The molecular formula is C27H33N5O3S. The van der Waals surface area contributed by atoms with Gasteiger partial charge in [-0.3, -0.25) is 14.4 Å². The third-order valence-electron chi connectivity index (χ3n) is 7.15. The van der Waals surface area contributed by atoms with Gasteiger partial charge in [-0.05, 0) is 32.3 Å². The molecular weight excluding hydrogens is 474 g/mol. The Balaban J connectivity index is 1.33. The van der Waals surface area contributed by atoms with Crippen LogP contribution in [0, 0.1) is 6.92 Å². The second-order valence-electron chi connectivity index (χ2n) is 9.96. The summed E-state index contributed by atoms with van der Waals surface area (Å²) in [5.74, 6) is -0.00605. The predicted octanol–water partition coefficient (Wildman–Crippen LogP) is 4.96. The molecule has 8 nitrogen and oxygen atoms in total. The number of pyridine rings is 1. The van der Waals surface area contributed by atoms with Crippen LogP contribution in [-0.4, -0.2) is 67.0 Å². The maximum absolute atomic E-state index is 13.7. The Morgan fingerprint density at radius 2 is 1.86 bits per heavy atom. The molecule has 9 heteroatoms. The van der Waals surface area contributed by atoms with Crippen molar-refractivity contribution in [2.24, 2.45) is 7.05 Å². The highest BCUT2D eigenvalue weighted by molar-refractivity contribution is 8.00. The maximum Gasteiger partial charge on any atom is 0.411 e. The van der Waals surface area contributed by atoms with Gasteiger partial charge < -0.3 is 9.64 Å². The second-order valence-corrected chi connectivity index (χ2v) is 11.5. The number of thioether (sulfide) groups is 1. The first-order chi connectivity index (χ1) is 17.3. The van der Waals surface area contributed by atoms with Gasteiger partial charge in [-0.25, -0.2) is 9.78 Å². The van der Waals surface area contributed by atoms with Crippen molar-refractivity contribution < 1.29 is 14.3 Å². The average Bonchev–Trinajstić information content (AvgIpc) is 3.33. The summed E-state index contributed by atoms with van der Waals surface area (Å²) < 4.78 is 7.53. The molecule has 1 aromatic carbocycles. The minimum Gasteiger partial charge on any atom is -0.439 e. The number of benzene rings is 1. The number of fused-ring (bicyclic) bond motifs is 1. The SMILES string of the molecule is Cc1nn(C)c2ncc(C(=O)N3CCC(N4C(=O)O[C@H](c5ccccc5)[C@@H]4C)CC3)c(SC(C)C)c12. The minimum absolute atomic E-state index is 0.00605. The Kier molecular flexibility index (Phi) is 6.68. The third kappa shape index (κ3) is 4.34. The van der Waals surface area contributed by atoms with E-state index in [0.717, 1.165) is 40.0 Å². The lowest BCUT2D eigenvalue weighted by molar-refractivity contribution is 0.0637. The highest BCUT2D eigenvalue weighted by atomic mass is 32.2. The monoisotopic (exact) mass is 507 g/mol. The van der Waals surface area contributed by atoms with Crippen LogP contribution in [0.3, 0.4) is 0 Å². The Labute approximate surface area is 216 Å². The van der Waals surface area contributed by atoms with Gasteiger partial charge in [-0.15, -0.1) is 11.8 Å². The molecule has 3 aromatic rings. The number of hydrogen-bond acceptors (Lipinski definition) is 6. The van der Waals surface area contributed by atoms with Crippen LogP contribution >= 0.6 is 11.8 Å². The quantitative estimate of drug-likeness (QED) is 0.454. The molecule has 2 fully saturated rings. The van der Waals surface area contributed by atoms with E-state index in [1.54, 1.807) is 22.6 Å². The van der Waals surface area contributed by atoms with Gasteiger partial charge >= 0.3 is 6.09 Å². The number of cyclic esters (lactones) is 1. The van der Waals surface area contributed by atoms with Crippen molar-refractivity contribution in [1.29, 1.82) is 0 Å². The maximum atomic E-state index is 13.7. The molecule has 2 aromatic heterocycles. The zero-order chi connectivity index (χ0) is 25.6. The summed E-state index contributed by atoms with van der Waals surface area (Å²) in [6.45, 7) is 9.44. The van der Waals surface area contributed by atoms with Crippen molar-refractivity contribution in [1.82, 2.24) is 24.6 Å². The number of piperidine rings is 1. The summed E-state index contributed by atoms with van der Waals surface area (Å²) in [6.07, 6.45) is 2.61. The number of ether oxygens (including phenoxy) is 1. The molecule has 5 rings (SSSR count). The number of amides is 2. The van der Waals surface area contributed by atoms with Gasteiger partial charge in [0.05, 0.1) is 22.7 Å². The predicted molar refractivity (Wildman–Crippen MR) is 140 cm³/mol. The van der Waals surface area contributed by atoms with Crippen LogP contribution in [0.5, 0.6) is 0 Å². The number of hydrogen-bond donors (Lipinski definition) is 0. The zero-order valence-corrected chi connectivity index (χ0v) is 22.3.